The van der Waals surface area contributed by atoms with Crippen LogP contribution >= 0.6 is 0 Å². The van der Waals surface area contributed by atoms with E-state index in [9.17, 15) is 20.4 Å². The fourth-order valence-electron chi connectivity index (χ4n) is 6.68. The van der Waals surface area contributed by atoms with Gasteiger partial charge in [0.15, 0.2) is 0 Å². The maximum Gasteiger partial charge on any atom is 0.0855 e. The van der Waals surface area contributed by atoms with Gasteiger partial charge in [-0.05, 0) is 67.1 Å². The van der Waals surface area contributed by atoms with E-state index in [4.69, 9.17) is 0 Å². The summed E-state index contributed by atoms with van der Waals surface area (Å²) >= 11 is 0. The van der Waals surface area contributed by atoms with E-state index < -0.39 is 24.4 Å². The number of rotatable bonds is 0. The van der Waals surface area contributed by atoms with Crippen LogP contribution in [0.1, 0.15) is 52.4 Å². The summed E-state index contributed by atoms with van der Waals surface area (Å²) in [5.74, 6) is 1.31. The highest BCUT2D eigenvalue weighted by molar-refractivity contribution is 5.26. The van der Waals surface area contributed by atoms with Crippen LogP contribution in [0.25, 0.3) is 0 Å². The molecule has 0 aliphatic heterocycles. The summed E-state index contributed by atoms with van der Waals surface area (Å²) in [5.41, 5.74) is 1.11. The highest BCUT2D eigenvalue weighted by Gasteiger charge is 2.61. The number of hydrogen-bond acceptors (Lipinski definition) is 4. The van der Waals surface area contributed by atoms with Gasteiger partial charge in [0.05, 0.1) is 24.4 Å². The second-order valence-corrected chi connectivity index (χ2v) is 9.09. The van der Waals surface area contributed by atoms with Crippen LogP contribution in [0.3, 0.4) is 0 Å². The standard InChI is InChI=1S/C19H30O4/c1-18-6-5-12-11(13(18)8-15(21)17(18)23)4-3-10-7-14(20)16(22)9-19(10,12)2/h3,11-17,20-23H,4-9H2,1-2H3/t11-,12+,13+,14+,15-,16+,17+,18+,19+/m1/s1. The molecule has 0 aromatic rings. The lowest BCUT2D eigenvalue weighted by atomic mass is 9.47. The average Bonchev–Trinajstić information content (AvgIpc) is 2.73. The van der Waals surface area contributed by atoms with Gasteiger partial charge in [0, 0.05) is 0 Å². The molecule has 4 aliphatic rings. The summed E-state index contributed by atoms with van der Waals surface area (Å²) in [6.45, 7) is 4.41. The molecule has 0 bridgehead atoms. The molecule has 0 saturated heterocycles. The van der Waals surface area contributed by atoms with Crippen molar-refractivity contribution in [2.24, 2.45) is 28.6 Å². The average molecular weight is 322 g/mol. The predicted octanol–water partition coefficient (Wildman–Crippen LogP) is 1.61. The lowest BCUT2D eigenvalue weighted by Gasteiger charge is -2.58. The molecule has 9 atom stereocenters. The monoisotopic (exact) mass is 322 g/mol. The molecular formula is C19H30O4. The van der Waals surface area contributed by atoms with Gasteiger partial charge in [0.25, 0.3) is 0 Å². The first kappa shape index (κ1) is 16.1. The molecule has 0 aromatic heterocycles. The van der Waals surface area contributed by atoms with Crippen LogP contribution in [0.5, 0.6) is 0 Å². The fraction of sp³-hybridized carbons (Fsp3) is 0.895. The molecule has 4 N–H and O–H groups in total. The minimum absolute atomic E-state index is 0.0403. The number of allylic oxidation sites excluding steroid dienone is 1. The number of aliphatic hydroxyl groups is 4. The Hall–Kier alpha value is -0.420. The first-order valence-electron chi connectivity index (χ1n) is 9.19. The summed E-state index contributed by atoms with van der Waals surface area (Å²) in [7, 11) is 0. The van der Waals surface area contributed by atoms with Crippen molar-refractivity contribution < 1.29 is 20.4 Å². The van der Waals surface area contributed by atoms with Crippen molar-refractivity contribution in [2.75, 3.05) is 0 Å². The lowest BCUT2D eigenvalue weighted by Crippen LogP contribution is -2.53. The van der Waals surface area contributed by atoms with E-state index in [1.54, 1.807) is 0 Å². The summed E-state index contributed by atoms with van der Waals surface area (Å²) < 4.78 is 0. The zero-order valence-electron chi connectivity index (χ0n) is 14.2. The molecule has 130 valence electrons. The molecule has 0 radical (unpaired) electrons. The Morgan fingerprint density at radius 2 is 1.74 bits per heavy atom. The topological polar surface area (TPSA) is 80.9 Å². The second kappa shape index (κ2) is 5.04. The molecule has 4 nitrogen and oxygen atoms in total. The highest BCUT2D eigenvalue weighted by atomic mass is 16.3. The third-order valence-electron chi connectivity index (χ3n) is 8.11. The molecule has 4 aliphatic carbocycles. The van der Waals surface area contributed by atoms with Gasteiger partial charge in [-0.2, -0.15) is 0 Å². The molecule has 0 unspecified atom stereocenters. The van der Waals surface area contributed by atoms with Crippen molar-refractivity contribution in [1.29, 1.82) is 0 Å². The molecule has 0 heterocycles. The zero-order chi connectivity index (χ0) is 16.6. The van der Waals surface area contributed by atoms with Crippen molar-refractivity contribution in [3.05, 3.63) is 11.6 Å². The summed E-state index contributed by atoms with van der Waals surface area (Å²) in [6.07, 6.45) is 4.71. The molecule has 23 heavy (non-hydrogen) atoms. The number of fused-ring (bicyclic) bond motifs is 5. The van der Waals surface area contributed by atoms with E-state index in [1.807, 2.05) is 0 Å². The highest BCUT2D eigenvalue weighted by Crippen LogP contribution is 2.64. The molecule has 4 rings (SSSR count). The smallest absolute Gasteiger partial charge is 0.0855 e. The summed E-state index contributed by atoms with van der Waals surface area (Å²) in [6, 6.07) is 0. The third kappa shape index (κ3) is 2.05. The molecule has 3 fully saturated rings. The quantitative estimate of drug-likeness (QED) is 0.511. The Morgan fingerprint density at radius 1 is 1.00 bits per heavy atom. The zero-order valence-corrected chi connectivity index (χ0v) is 14.2. The fourth-order valence-corrected chi connectivity index (χ4v) is 6.68. The molecular weight excluding hydrogens is 292 g/mol. The van der Waals surface area contributed by atoms with Crippen molar-refractivity contribution in [2.45, 2.75) is 76.8 Å². The minimum atomic E-state index is -0.635. The van der Waals surface area contributed by atoms with Gasteiger partial charge in [-0.1, -0.05) is 25.5 Å². The summed E-state index contributed by atoms with van der Waals surface area (Å²) in [5, 5.41) is 41.0. The summed E-state index contributed by atoms with van der Waals surface area (Å²) in [4.78, 5) is 0. The molecule has 3 saturated carbocycles. The number of aliphatic hydroxyl groups excluding tert-OH is 4. The van der Waals surface area contributed by atoms with Gasteiger partial charge in [-0.3, -0.25) is 0 Å². The van der Waals surface area contributed by atoms with Crippen LogP contribution in [0.15, 0.2) is 11.6 Å². The SMILES string of the molecule is C[C@]12CC[C@H]3[C@@H](CC=C4C[C@H](O)[C@@H](O)C[C@@]43C)[C@@H]1C[C@@H](O)[C@@H]2O. The largest absolute Gasteiger partial charge is 0.390 e. The van der Waals surface area contributed by atoms with E-state index in [2.05, 4.69) is 19.9 Å². The van der Waals surface area contributed by atoms with E-state index in [1.165, 1.54) is 5.57 Å². The van der Waals surface area contributed by atoms with Gasteiger partial charge < -0.3 is 20.4 Å². The Morgan fingerprint density at radius 3 is 2.48 bits per heavy atom. The second-order valence-electron chi connectivity index (χ2n) is 9.09. The van der Waals surface area contributed by atoms with Gasteiger partial charge >= 0.3 is 0 Å². The minimum Gasteiger partial charge on any atom is -0.390 e. The van der Waals surface area contributed by atoms with Crippen molar-refractivity contribution in [3.63, 3.8) is 0 Å². The van der Waals surface area contributed by atoms with Gasteiger partial charge in [-0.25, -0.2) is 0 Å². The molecule has 4 heteroatoms. The normalized spacial score (nSPS) is 58.9. The molecule has 0 aromatic carbocycles. The van der Waals surface area contributed by atoms with E-state index in [0.29, 0.717) is 37.0 Å². The Kier molecular flexibility index (Phi) is 3.52. The Bertz CT molecular complexity index is 531. The predicted molar refractivity (Wildman–Crippen MR) is 86.5 cm³/mol. The van der Waals surface area contributed by atoms with E-state index in [0.717, 1.165) is 19.3 Å². The van der Waals surface area contributed by atoms with E-state index >= 15 is 0 Å². The van der Waals surface area contributed by atoms with Crippen LogP contribution in [-0.2, 0) is 0 Å². The van der Waals surface area contributed by atoms with Gasteiger partial charge in [-0.15, -0.1) is 0 Å². The van der Waals surface area contributed by atoms with Crippen molar-refractivity contribution in [3.8, 4) is 0 Å². The van der Waals surface area contributed by atoms with Gasteiger partial charge in [0.2, 0.25) is 0 Å². The lowest BCUT2D eigenvalue weighted by molar-refractivity contribution is -0.0998. The maximum atomic E-state index is 10.5. The first-order chi connectivity index (χ1) is 10.8. The van der Waals surface area contributed by atoms with Crippen LogP contribution in [0, 0.1) is 28.6 Å². The van der Waals surface area contributed by atoms with Crippen LogP contribution in [0.2, 0.25) is 0 Å². The van der Waals surface area contributed by atoms with Crippen molar-refractivity contribution in [1.82, 2.24) is 0 Å². The van der Waals surface area contributed by atoms with Gasteiger partial charge in [0.1, 0.15) is 0 Å². The first-order valence-corrected chi connectivity index (χ1v) is 9.19. The van der Waals surface area contributed by atoms with E-state index in [-0.39, 0.29) is 10.8 Å². The maximum absolute atomic E-state index is 10.5. The number of hydrogen-bond donors (Lipinski definition) is 4. The molecule has 0 amide bonds. The van der Waals surface area contributed by atoms with Crippen LogP contribution in [-0.4, -0.2) is 44.8 Å². The van der Waals surface area contributed by atoms with Crippen LogP contribution < -0.4 is 0 Å². The third-order valence-corrected chi connectivity index (χ3v) is 8.11. The molecule has 0 spiro atoms. The van der Waals surface area contributed by atoms with Crippen molar-refractivity contribution >= 4 is 0 Å². The van der Waals surface area contributed by atoms with Crippen LogP contribution in [0.4, 0.5) is 0 Å². The Balaban J connectivity index is 1.69. The Labute approximate surface area is 138 Å².